The highest BCUT2D eigenvalue weighted by Crippen LogP contribution is 2.43. The van der Waals surface area contributed by atoms with E-state index in [2.05, 4.69) is 22.8 Å². The normalized spacial score (nSPS) is 31.8. The Morgan fingerprint density at radius 1 is 1.18 bits per heavy atom. The van der Waals surface area contributed by atoms with E-state index in [9.17, 15) is 22.8 Å². The van der Waals surface area contributed by atoms with Gasteiger partial charge in [0.05, 0.1) is 11.8 Å². The van der Waals surface area contributed by atoms with Gasteiger partial charge in [-0.25, -0.2) is 8.42 Å². The molecule has 4 N–H and O–H groups in total. The first-order chi connectivity index (χ1) is 15.6. The molecule has 1 aromatic carbocycles. The van der Waals surface area contributed by atoms with Crippen LogP contribution in [0.3, 0.4) is 0 Å². The van der Waals surface area contributed by atoms with Crippen molar-refractivity contribution in [1.29, 1.82) is 0 Å². The maximum Gasteiger partial charge on any atom is 0.246 e. The molecule has 3 aliphatic rings. The van der Waals surface area contributed by atoms with E-state index in [1.54, 1.807) is 14.0 Å². The number of carbonyl (C=O) groups excluding carboxylic acids is 3. The van der Waals surface area contributed by atoms with Crippen molar-refractivity contribution in [2.45, 2.75) is 62.5 Å². The summed E-state index contributed by atoms with van der Waals surface area (Å²) >= 11 is 0. The quantitative estimate of drug-likeness (QED) is 0.535. The molecule has 1 aromatic rings. The predicted octanol–water partition coefficient (Wildman–Crippen LogP) is -0.269. The fourth-order valence-corrected chi connectivity index (χ4v) is 7.57. The van der Waals surface area contributed by atoms with Gasteiger partial charge in [0, 0.05) is 0 Å². The molecule has 0 saturated carbocycles. The molecule has 4 rings (SSSR count). The van der Waals surface area contributed by atoms with Crippen molar-refractivity contribution >= 4 is 27.6 Å². The fraction of sp³-hybridized carbons (Fsp3) is 0.609. The van der Waals surface area contributed by atoms with Crippen molar-refractivity contribution in [1.82, 2.24) is 15.5 Å². The van der Waals surface area contributed by atoms with Gasteiger partial charge in [-0.3, -0.25) is 14.4 Å². The van der Waals surface area contributed by atoms with Crippen molar-refractivity contribution in [3.05, 3.63) is 35.4 Å². The number of primary amides is 1. The van der Waals surface area contributed by atoms with E-state index >= 15 is 0 Å². The lowest BCUT2D eigenvalue weighted by atomic mass is 9.74. The standard InChI is InChI=1S/C23H32N4O5S/c1-13(25-2)22(29)26-18-9-10-33(31,32)19-12-17(20(21(24)28)27(19)23(18)30)16-8-7-14-5-3-4-6-15(14)11-16/h3-6,13,16-20,25H,7-12H2,1-2H3,(H2,24,28)(H,26,29)/t13-,16?,17?,18-,19-,20-/m0/s1. The fourth-order valence-electron chi connectivity index (χ4n) is 5.63. The summed E-state index contributed by atoms with van der Waals surface area (Å²) < 4.78 is 26.3. The van der Waals surface area contributed by atoms with Crippen LogP contribution in [0, 0.1) is 11.8 Å². The number of rotatable bonds is 5. The summed E-state index contributed by atoms with van der Waals surface area (Å²) in [6, 6.07) is 5.56. The minimum Gasteiger partial charge on any atom is -0.368 e. The van der Waals surface area contributed by atoms with Gasteiger partial charge >= 0.3 is 0 Å². The molecule has 10 heteroatoms. The Hall–Kier alpha value is -2.46. The molecule has 9 nitrogen and oxygen atoms in total. The number of fused-ring (bicyclic) bond motifs is 2. The van der Waals surface area contributed by atoms with Crippen LogP contribution >= 0.6 is 0 Å². The number of aryl methyl sites for hydroxylation is 1. The molecule has 0 bridgehead atoms. The van der Waals surface area contributed by atoms with Gasteiger partial charge in [0.15, 0.2) is 9.84 Å². The van der Waals surface area contributed by atoms with Gasteiger partial charge in [-0.15, -0.1) is 0 Å². The molecule has 180 valence electrons. The average molecular weight is 477 g/mol. The van der Waals surface area contributed by atoms with Crippen LogP contribution in [-0.2, 0) is 37.1 Å². The molecule has 0 spiro atoms. The van der Waals surface area contributed by atoms with Crippen molar-refractivity contribution in [3.63, 3.8) is 0 Å². The zero-order valence-corrected chi connectivity index (χ0v) is 19.8. The van der Waals surface area contributed by atoms with Crippen molar-refractivity contribution in [3.8, 4) is 0 Å². The number of benzene rings is 1. The Balaban J connectivity index is 1.65. The summed E-state index contributed by atoms with van der Waals surface area (Å²) in [5, 5.41) is 4.38. The van der Waals surface area contributed by atoms with E-state index < -0.39 is 51.1 Å². The Morgan fingerprint density at radius 2 is 1.88 bits per heavy atom. The molecule has 3 amide bonds. The number of carbonyl (C=O) groups is 3. The third kappa shape index (κ3) is 4.38. The van der Waals surface area contributed by atoms with Crippen LogP contribution in [-0.4, -0.2) is 67.3 Å². The highest BCUT2D eigenvalue weighted by Gasteiger charge is 2.56. The number of likely N-dealkylation sites (N-methyl/N-ethyl adjacent to an activating group) is 1. The number of amides is 3. The molecule has 33 heavy (non-hydrogen) atoms. The van der Waals surface area contributed by atoms with Crippen LogP contribution in [0.15, 0.2) is 24.3 Å². The number of nitrogens with one attached hydrogen (secondary N) is 2. The third-order valence-corrected chi connectivity index (χ3v) is 9.63. The van der Waals surface area contributed by atoms with Crippen molar-refractivity contribution in [2.75, 3.05) is 12.8 Å². The first-order valence-corrected chi connectivity index (χ1v) is 13.2. The van der Waals surface area contributed by atoms with E-state index in [1.807, 2.05) is 12.1 Å². The van der Waals surface area contributed by atoms with Crippen LogP contribution < -0.4 is 16.4 Å². The van der Waals surface area contributed by atoms with Crippen molar-refractivity contribution < 1.29 is 22.8 Å². The second-order valence-corrected chi connectivity index (χ2v) is 11.7. The van der Waals surface area contributed by atoms with Crippen LogP contribution in [0.5, 0.6) is 0 Å². The van der Waals surface area contributed by atoms with Crippen LogP contribution in [0.4, 0.5) is 0 Å². The minimum absolute atomic E-state index is 0.0245. The number of hydrogen-bond acceptors (Lipinski definition) is 6. The Kier molecular flexibility index (Phi) is 6.50. The largest absolute Gasteiger partial charge is 0.368 e. The van der Waals surface area contributed by atoms with E-state index in [0.717, 1.165) is 19.3 Å². The van der Waals surface area contributed by atoms with Gasteiger partial charge in [-0.05, 0) is 69.0 Å². The SMILES string of the molecule is CN[C@@H](C)C(=O)N[C@H]1CCS(=O)(=O)[C@H]2CC(C3CCc4ccccc4C3)[C@@H](C(N)=O)N2C1=O. The molecule has 1 aliphatic carbocycles. The molecular weight excluding hydrogens is 444 g/mol. The van der Waals surface area contributed by atoms with Crippen molar-refractivity contribution in [2.24, 2.45) is 17.6 Å². The lowest BCUT2D eigenvalue weighted by molar-refractivity contribution is -0.142. The summed E-state index contributed by atoms with van der Waals surface area (Å²) in [5.74, 6) is -2.16. The van der Waals surface area contributed by atoms with Gasteiger partial charge < -0.3 is 21.3 Å². The number of nitrogens with two attached hydrogens (primary N) is 1. The maximum absolute atomic E-state index is 13.5. The smallest absolute Gasteiger partial charge is 0.246 e. The monoisotopic (exact) mass is 476 g/mol. The lowest BCUT2D eigenvalue weighted by Crippen LogP contribution is -2.57. The highest BCUT2D eigenvalue weighted by molar-refractivity contribution is 7.92. The zero-order chi connectivity index (χ0) is 23.9. The second kappa shape index (κ2) is 9.06. The summed E-state index contributed by atoms with van der Waals surface area (Å²) in [6.07, 6.45) is 2.54. The number of hydrogen-bond donors (Lipinski definition) is 3. The van der Waals surface area contributed by atoms with Gasteiger partial charge in [0.2, 0.25) is 17.7 Å². The summed E-state index contributed by atoms with van der Waals surface area (Å²) in [4.78, 5) is 39.8. The van der Waals surface area contributed by atoms with Crippen LogP contribution in [0.2, 0.25) is 0 Å². The highest BCUT2D eigenvalue weighted by atomic mass is 32.2. The first kappa shape index (κ1) is 23.7. The number of nitrogens with zero attached hydrogens (tertiary/aromatic N) is 1. The topological polar surface area (TPSA) is 139 Å². The van der Waals surface area contributed by atoms with Crippen LogP contribution in [0.25, 0.3) is 0 Å². The average Bonchev–Trinajstić information content (AvgIpc) is 3.19. The van der Waals surface area contributed by atoms with E-state index in [-0.39, 0.29) is 30.4 Å². The van der Waals surface area contributed by atoms with E-state index in [0.29, 0.717) is 0 Å². The maximum atomic E-state index is 13.5. The van der Waals surface area contributed by atoms with E-state index in [1.165, 1.54) is 16.0 Å². The third-order valence-electron chi connectivity index (χ3n) is 7.57. The molecule has 6 atom stereocenters. The Bertz CT molecular complexity index is 1060. The van der Waals surface area contributed by atoms with Gasteiger partial charge in [-0.2, -0.15) is 0 Å². The number of sulfone groups is 1. The Labute approximate surface area is 194 Å². The molecule has 2 fully saturated rings. The molecular formula is C23H32N4O5S. The minimum atomic E-state index is -3.69. The van der Waals surface area contributed by atoms with Gasteiger partial charge in [0.25, 0.3) is 0 Å². The van der Waals surface area contributed by atoms with Crippen LogP contribution in [0.1, 0.15) is 37.3 Å². The van der Waals surface area contributed by atoms with E-state index in [4.69, 9.17) is 5.73 Å². The van der Waals surface area contributed by atoms with Gasteiger partial charge in [-0.1, -0.05) is 24.3 Å². The first-order valence-electron chi connectivity index (χ1n) is 11.5. The molecule has 2 saturated heterocycles. The Morgan fingerprint density at radius 3 is 2.55 bits per heavy atom. The molecule has 0 radical (unpaired) electrons. The predicted molar refractivity (Wildman–Crippen MR) is 123 cm³/mol. The zero-order valence-electron chi connectivity index (χ0n) is 19.0. The molecule has 0 aromatic heterocycles. The molecule has 2 unspecified atom stereocenters. The molecule has 2 heterocycles. The second-order valence-electron chi connectivity index (χ2n) is 9.45. The molecule has 2 aliphatic heterocycles. The lowest BCUT2D eigenvalue weighted by Gasteiger charge is -2.34. The summed E-state index contributed by atoms with van der Waals surface area (Å²) in [7, 11) is -2.07. The summed E-state index contributed by atoms with van der Waals surface area (Å²) in [5.41, 5.74) is 8.25. The summed E-state index contributed by atoms with van der Waals surface area (Å²) in [6.45, 7) is 1.65. The van der Waals surface area contributed by atoms with Gasteiger partial charge in [0.1, 0.15) is 17.5 Å².